The number of amides is 1. The third-order valence-electron chi connectivity index (χ3n) is 3.26. The zero-order valence-corrected chi connectivity index (χ0v) is 13.8. The topological polar surface area (TPSA) is 61.7 Å². The van der Waals surface area contributed by atoms with Crippen LogP contribution in [-0.4, -0.2) is 17.2 Å². The summed E-state index contributed by atoms with van der Waals surface area (Å²) in [6.45, 7) is 1.99. The third-order valence-corrected chi connectivity index (χ3v) is 4.92. The van der Waals surface area contributed by atoms with Gasteiger partial charge in [-0.1, -0.05) is 23.7 Å². The van der Waals surface area contributed by atoms with Crippen LogP contribution >= 0.6 is 22.9 Å². The highest BCUT2D eigenvalue weighted by Crippen LogP contribution is 2.35. The average Bonchev–Trinajstić information content (AvgIpc) is 2.85. The van der Waals surface area contributed by atoms with Crippen molar-refractivity contribution in [2.24, 2.45) is 5.10 Å². The molecule has 4 nitrogen and oxygen atoms in total. The largest absolute Gasteiger partial charge is 0.508 e. The van der Waals surface area contributed by atoms with Gasteiger partial charge >= 0.3 is 0 Å². The second kappa shape index (κ2) is 6.40. The van der Waals surface area contributed by atoms with E-state index in [9.17, 15) is 9.90 Å². The summed E-state index contributed by atoms with van der Waals surface area (Å²) in [5, 5.41) is 14.4. The summed E-state index contributed by atoms with van der Waals surface area (Å²) < 4.78 is 0.975. The molecule has 0 unspecified atom stereocenters. The molecule has 0 aliphatic heterocycles. The van der Waals surface area contributed by atoms with Crippen LogP contribution in [0.3, 0.4) is 0 Å². The van der Waals surface area contributed by atoms with Gasteiger partial charge < -0.3 is 5.11 Å². The van der Waals surface area contributed by atoms with Crippen molar-refractivity contribution >= 4 is 45.1 Å². The van der Waals surface area contributed by atoms with Crippen molar-refractivity contribution in [2.75, 3.05) is 0 Å². The quantitative estimate of drug-likeness (QED) is 0.548. The van der Waals surface area contributed by atoms with E-state index in [2.05, 4.69) is 10.5 Å². The number of thiophene rings is 1. The first-order valence-corrected chi connectivity index (χ1v) is 8.05. The number of aryl methyl sites for hydroxylation is 1. The van der Waals surface area contributed by atoms with Crippen LogP contribution < -0.4 is 5.43 Å². The summed E-state index contributed by atoms with van der Waals surface area (Å²) in [4.78, 5) is 12.7. The van der Waals surface area contributed by atoms with E-state index < -0.39 is 0 Å². The smallest absolute Gasteiger partial charge is 0.283 e. The standard InChI is InChI=1S/C17H13ClN2O2S/c1-10-2-7-13-14(8-10)23-16(15(13)18)17(22)20-19-9-11-3-5-12(21)6-4-11/h2-9,21H,1H3,(H,20,22)/b19-9+. The van der Waals surface area contributed by atoms with Crippen LogP contribution in [0.1, 0.15) is 20.8 Å². The molecule has 1 heterocycles. The first-order chi connectivity index (χ1) is 11.0. The Kier molecular flexibility index (Phi) is 4.32. The second-order valence-electron chi connectivity index (χ2n) is 5.04. The lowest BCUT2D eigenvalue weighted by Gasteiger charge is -1.97. The summed E-state index contributed by atoms with van der Waals surface area (Å²) >= 11 is 7.63. The van der Waals surface area contributed by atoms with E-state index in [-0.39, 0.29) is 11.7 Å². The third kappa shape index (κ3) is 3.36. The Hall–Kier alpha value is -2.37. The first kappa shape index (κ1) is 15.5. The Labute approximate surface area is 142 Å². The number of halogens is 1. The Morgan fingerprint density at radius 1 is 1.26 bits per heavy atom. The number of rotatable bonds is 3. The number of phenolic OH excluding ortho intramolecular Hbond substituents is 1. The van der Waals surface area contributed by atoms with Gasteiger partial charge in [0.1, 0.15) is 10.6 Å². The lowest BCUT2D eigenvalue weighted by atomic mass is 10.2. The van der Waals surface area contributed by atoms with Crippen molar-refractivity contribution in [3.05, 3.63) is 63.5 Å². The van der Waals surface area contributed by atoms with Crippen molar-refractivity contribution in [1.82, 2.24) is 5.43 Å². The zero-order chi connectivity index (χ0) is 16.4. The molecule has 2 N–H and O–H groups in total. The predicted octanol–water partition coefficient (Wildman–Crippen LogP) is 4.33. The molecule has 1 amide bonds. The van der Waals surface area contributed by atoms with E-state index >= 15 is 0 Å². The molecule has 23 heavy (non-hydrogen) atoms. The summed E-state index contributed by atoms with van der Waals surface area (Å²) in [5.74, 6) is -0.164. The summed E-state index contributed by atoms with van der Waals surface area (Å²) in [6.07, 6.45) is 1.50. The van der Waals surface area contributed by atoms with Crippen molar-refractivity contribution < 1.29 is 9.90 Å². The molecule has 0 radical (unpaired) electrons. The second-order valence-corrected chi connectivity index (χ2v) is 6.47. The fourth-order valence-electron chi connectivity index (χ4n) is 2.10. The Bertz CT molecular complexity index is 901. The van der Waals surface area contributed by atoms with Crippen LogP contribution in [0.4, 0.5) is 0 Å². The van der Waals surface area contributed by atoms with E-state index in [1.807, 2.05) is 25.1 Å². The number of phenols is 1. The minimum atomic E-state index is -0.344. The number of carbonyl (C=O) groups is 1. The van der Waals surface area contributed by atoms with Gasteiger partial charge in [-0.05, 0) is 48.4 Å². The fourth-order valence-corrected chi connectivity index (χ4v) is 3.60. The highest BCUT2D eigenvalue weighted by Gasteiger charge is 2.16. The van der Waals surface area contributed by atoms with Crippen molar-refractivity contribution in [3.63, 3.8) is 0 Å². The van der Waals surface area contributed by atoms with Gasteiger partial charge in [0, 0.05) is 10.1 Å². The molecular formula is C17H13ClN2O2S. The minimum absolute atomic E-state index is 0.179. The number of nitrogens with zero attached hydrogens (tertiary/aromatic N) is 1. The van der Waals surface area contributed by atoms with E-state index in [0.717, 1.165) is 21.2 Å². The summed E-state index contributed by atoms with van der Waals surface area (Å²) in [6, 6.07) is 12.4. The number of carbonyl (C=O) groups excluding carboxylic acids is 1. The van der Waals surface area contributed by atoms with E-state index in [4.69, 9.17) is 11.6 Å². The normalized spacial score (nSPS) is 11.2. The van der Waals surface area contributed by atoms with Crippen molar-refractivity contribution in [3.8, 4) is 5.75 Å². The Morgan fingerprint density at radius 3 is 2.74 bits per heavy atom. The molecule has 0 fully saturated rings. The number of hydrazone groups is 1. The molecule has 0 aliphatic rings. The monoisotopic (exact) mass is 344 g/mol. The SMILES string of the molecule is Cc1ccc2c(Cl)c(C(=O)N/N=C/c3ccc(O)cc3)sc2c1. The van der Waals surface area contributed by atoms with Gasteiger partial charge in [0.15, 0.2) is 0 Å². The van der Waals surface area contributed by atoms with Gasteiger partial charge in [-0.2, -0.15) is 5.10 Å². The van der Waals surface area contributed by atoms with Gasteiger partial charge in [-0.3, -0.25) is 4.79 Å². The average molecular weight is 345 g/mol. The molecule has 2 aromatic carbocycles. The van der Waals surface area contributed by atoms with Gasteiger partial charge in [0.25, 0.3) is 5.91 Å². The lowest BCUT2D eigenvalue weighted by molar-refractivity contribution is 0.0959. The first-order valence-electron chi connectivity index (χ1n) is 6.85. The number of aromatic hydroxyl groups is 1. The minimum Gasteiger partial charge on any atom is -0.508 e. The maximum Gasteiger partial charge on any atom is 0.283 e. The van der Waals surface area contributed by atoms with Crippen molar-refractivity contribution in [1.29, 1.82) is 0 Å². The van der Waals surface area contributed by atoms with E-state index in [1.165, 1.54) is 17.6 Å². The molecule has 3 rings (SSSR count). The summed E-state index contributed by atoms with van der Waals surface area (Å²) in [7, 11) is 0. The molecule has 6 heteroatoms. The molecule has 0 bridgehead atoms. The number of hydrogen-bond donors (Lipinski definition) is 2. The molecule has 0 atom stereocenters. The van der Waals surface area contributed by atoms with Crippen LogP contribution in [0.5, 0.6) is 5.75 Å². The molecule has 1 aromatic heterocycles. The van der Waals surface area contributed by atoms with Crippen LogP contribution in [0.15, 0.2) is 47.6 Å². The number of benzene rings is 2. The maximum absolute atomic E-state index is 12.2. The van der Waals surface area contributed by atoms with Crippen LogP contribution in [0.25, 0.3) is 10.1 Å². The number of hydrogen-bond acceptors (Lipinski definition) is 4. The summed E-state index contributed by atoms with van der Waals surface area (Å²) in [5.41, 5.74) is 4.36. The molecule has 0 saturated carbocycles. The Balaban J connectivity index is 1.78. The molecule has 0 aliphatic carbocycles. The van der Waals surface area contributed by atoms with E-state index in [1.54, 1.807) is 24.3 Å². The van der Waals surface area contributed by atoms with Crippen LogP contribution in [0, 0.1) is 6.92 Å². The van der Waals surface area contributed by atoms with Crippen LogP contribution in [0.2, 0.25) is 5.02 Å². The zero-order valence-electron chi connectivity index (χ0n) is 12.2. The lowest BCUT2D eigenvalue weighted by Crippen LogP contribution is -2.16. The molecular weight excluding hydrogens is 332 g/mol. The fraction of sp³-hybridized carbons (Fsp3) is 0.0588. The molecule has 3 aromatic rings. The van der Waals surface area contributed by atoms with E-state index in [0.29, 0.717) is 9.90 Å². The molecule has 0 spiro atoms. The highest BCUT2D eigenvalue weighted by atomic mass is 35.5. The number of nitrogens with one attached hydrogen (secondary N) is 1. The van der Waals surface area contributed by atoms with Gasteiger partial charge in [0.05, 0.1) is 11.2 Å². The molecule has 0 saturated heterocycles. The van der Waals surface area contributed by atoms with Gasteiger partial charge in [-0.15, -0.1) is 11.3 Å². The van der Waals surface area contributed by atoms with Crippen LogP contribution in [-0.2, 0) is 0 Å². The maximum atomic E-state index is 12.2. The number of fused-ring (bicyclic) bond motifs is 1. The molecule has 116 valence electrons. The van der Waals surface area contributed by atoms with Gasteiger partial charge in [0.2, 0.25) is 0 Å². The van der Waals surface area contributed by atoms with Gasteiger partial charge in [-0.25, -0.2) is 5.43 Å². The highest BCUT2D eigenvalue weighted by molar-refractivity contribution is 7.21. The van der Waals surface area contributed by atoms with Crippen molar-refractivity contribution in [2.45, 2.75) is 6.92 Å². The predicted molar refractivity (Wildman–Crippen MR) is 94.7 cm³/mol. The Morgan fingerprint density at radius 2 is 2.00 bits per heavy atom.